The second-order valence-electron chi connectivity index (χ2n) is 7.08. The Bertz CT molecular complexity index is 388. The zero-order valence-electron chi connectivity index (χ0n) is 15.9. The third-order valence-electron chi connectivity index (χ3n) is 4.42. The summed E-state index contributed by atoms with van der Waals surface area (Å²) in [6.07, 6.45) is 8.06. The van der Waals surface area contributed by atoms with E-state index in [9.17, 15) is 4.79 Å². The van der Waals surface area contributed by atoms with E-state index in [0.717, 1.165) is 6.54 Å². The van der Waals surface area contributed by atoms with Crippen molar-refractivity contribution in [3.8, 4) is 0 Å². The molecule has 0 aromatic rings. The van der Waals surface area contributed by atoms with Crippen LogP contribution in [-0.2, 0) is 9.53 Å². The summed E-state index contributed by atoms with van der Waals surface area (Å²) in [7, 11) is 1.74. The number of hydrogen-bond acceptors (Lipinski definition) is 3. The maximum atomic E-state index is 12.0. The van der Waals surface area contributed by atoms with Crippen molar-refractivity contribution in [2.24, 2.45) is 10.4 Å². The van der Waals surface area contributed by atoms with Gasteiger partial charge in [-0.05, 0) is 33.6 Å². The minimum Gasteiger partial charge on any atom is -0.376 e. The van der Waals surface area contributed by atoms with Gasteiger partial charge in [-0.15, -0.1) is 0 Å². The summed E-state index contributed by atoms with van der Waals surface area (Å²) in [5.41, 5.74) is -0.482. The number of ether oxygens (including phenoxy) is 1. The first kappa shape index (κ1) is 20.7. The highest BCUT2D eigenvalue weighted by molar-refractivity contribution is 5.84. The summed E-state index contributed by atoms with van der Waals surface area (Å²) in [6.45, 7) is 8.36. The summed E-state index contributed by atoms with van der Waals surface area (Å²) in [5, 5.41) is 9.33. The van der Waals surface area contributed by atoms with Crippen molar-refractivity contribution in [2.75, 3.05) is 33.3 Å². The molecule has 0 aliphatic heterocycles. The summed E-state index contributed by atoms with van der Waals surface area (Å²) < 4.78 is 5.96. The van der Waals surface area contributed by atoms with E-state index in [2.05, 4.69) is 20.9 Å². The van der Waals surface area contributed by atoms with Crippen LogP contribution in [0.2, 0.25) is 0 Å². The third kappa shape index (κ3) is 7.99. The van der Waals surface area contributed by atoms with E-state index < -0.39 is 5.41 Å². The van der Waals surface area contributed by atoms with Crippen molar-refractivity contribution < 1.29 is 9.53 Å². The smallest absolute Gasteiger partial charge is 0.227 e. The predicted molar refractivity (Wildman–Crippen MR) is 99.3 cm³/mol. The number of nitrogens with one attached hydrogen (secondary N) is 3. The Labute approximate surface area is 147 Å². The van der Waals surface area contributed by atoms with Gasteiger partial charge in [0, 0.05) is 26.7 Å². The molecule has 3 N–H and O–H groups in total. The standard InChI is InChI=1S/C18H36N4O2/c1-5-20-16(23)18(2,3)14-22-17(19-4)21-12-13-24-15-10-8-6-7-9-11-15/h15H,5-14H2,1-4H3,(H,20,23)(H2,19,21,22). The maximum Gasteiger partial charge on any atom is 0.227 e. The van der Waals surface area contributed by atoms with Gasteiger partial charge >= 0.3 is 0 Å². The van der Waals surface area contributed by atoms with Crippen LogP contribution < -0.4 is 16.0 Å². The summed E-state index contributed by atoms with van der Waals surface area (Å²) in [6, 6.07) is 0. The number of rotatable bonds is 8. The fourth-order valence-electron chi connectivity index (χ4n) is 2.81. The van der Waals surface area contributed by atoms with Crippen molar-refractivity contribution in [1.29, 1.82) is 0 Å². The minimum atomic E-state index is -0.482. The molecule has 0 heterocycles. The predicted octanol–water partition coefficient (Wildman–Crippen LogP) is 2.05. The van der Waals surface area contributed by atoms with E-state index in [4.69, 9.17) is 4.74 Å². The van der Waals surface area contributed by atoms with Gasteiger partial charge in [0.15, 0.2) is 5.96 Å². The molecule has 0 unspecified atom stereocenters. The minimum absolute atomic E-state index is 0.0460. The van der Waals surface area contributed by atoms with Crippen LogP contribution in [0.4, 0.5) is 0 Å². The van der Waals surface area contributed by atoms with Crippen LogP contribution in [0.5, 0.6) is 0 Å². The molecular formula is C18H36N4O2. The molecule has 1 rings (SSSR count). The number of aliphatic imine (C=N–C) groups is 1. The third-order valence-corrected chi connectivity index (χ3v) is 4.42. The second kappa shape index (κ2) is 11.3. The average Bonchev–Trinajstić information content (AvgIpc) is 2.83. The molecule has 1 aliphatic rings. The van der Waals surface area contributed by atoms with Gasteiger partial charge in [0.1, 0.15) is 0 Å². The number of carbonyl (C=O) groups excluding carboxylic acids is 1. The van der Waals surface area contributed by atoms with Gasteiger partial charge in [0.05, 0.1) is 18.1 Å². The molecule has 140 valence electrons. The molecule has 24 heavy (non-hydrogen) atoms. The Kier molecular flexibility index (Phi) is 9.76. The Morgan fingerprint density at radius 1 is 1.12 bits per heavy atom. The highest BCUT2D eigenvalue weighted by Gasteiger charge is 2.27. The Morgan fingerprint density at radius 3 is 2.38 bits per heavy atom. The average molecular weight is 341 g/mol. The monoisotopic (exact) mass is 340 g/mol. The van der Waals surface area contributed by atoms with E-state index >= 15 is 0 Å². The highest BCUT2D eigenvalue weighted by atomic mass is 16.5. The lowest BCUT2D eigenvalue weighted by atomic mass is 9.92. The number of guanidine groups is 1. The second-order valence-corrected chi connectivity index (χ2v) is 7.08. The van der Waals surface area contributed by atoms with Crippen molar-refractivity contribution in [2.45, 2.75) is 65.4 Å². The van der Waals surface area contributed by atoms with Crippen LogP contribution in [0.15, 0.2) is 4.99 Å². The van der Waals surface area contributed by atoms with Crippen LogP contribution in [0.1, 0.15) is 59.3 Å². The molecule has 1 amide bonds. The molecule has 0 radical (unpaired) electrons. The topological polar surface area (TPSA) is 74.8 Å². The van der Waals surface area contributed by atoms with Crippen molar-refractivity contribution in [3.63, 3.8) is 0 Å². The highest BCUT2D eigenvalue weighted by Crippen LogP contribution is 2.19. The van der Waals surface area contributed by atoms with Gasteiger partial charge in [-0.3, -0.25) is 9.79 Å². The SMILES string of the molecule is CCNC(=O)C(C)(C)CNC(=NC)NCCOC1CCCCCC1. The normalized spacial score (nSPS) is 17.2. The quantitative estimate of drug-likeness (QED) is 0.274. The molecule has 1 aliphatic carbocycles. The van der Waals surface area contributed by atoms with Crippen LogP contribution in [0.25, 0.3) is 0 Å². The molecule has 1 saturated carbocycles. The molecule has 6 nitrogen and oxygen atoms in total. The van der Waals surface area contributed by atoms with Gasteiger partial charge in [0.25, 0.3) is 0 Å². The first-order chi connectivity index (χ1) is 11.5. The van der Waals surface area contributed by atoms with Gasteiger partial charge in [0.2, 0.25) is 5.91 Å². The molecule has 0 atom stereocenters. The van der Waals surface area contributed by atoms with Crippen molar-refractivity contribution >= 4 is 11.9 Å². The van der Waals surface area contributed by atoms with E-state index in [1.807, 2.05) is 20.8 Å². The lowest BCUT2D eigenvalue weighted by molar-refractivity contribution is -0.128. The van der Waals surface area contributed by atoms with E-state index in [-0.39, 0.29) is 5.91 Å². The number of amides is 1. The first-order valence-electron chi connectivity index (χ1n) is 9.34. The Morgan fingerprint density at radius 2 is 1.79 bits per heavy atom. The molecule has 0 spiro atoms. The lowest BCUT2D eigenvalue weighted by Crippen LogP contribution is -2.48. The molecule has 0 bridgehead atoms. The van der Waals surface area contributed by atoms with Crippen molar-refractivity contribution in [1.82, 2.24) is 16.0 Å². The molecular weight excluding hydrogens is 304 g/mol. The van der Waals surface area contributed by atoms with E-state index in [1.54, 1.807) is 7.05 Å². The van der Waals surface area contributed by atoms with Crippen LogP contribution in [0, 0.1) is 5.41 Å². The molecule has 0 aromatic carbocycles. The molecule has 1 fully saturated rings. The largest absolute Gasteiger partial charge is 0.376 e. The fourth-order valence-corrected chi connectivity index (χ4v) is 2.81. The van der Waals surface area contributed by atoms with Gasteiger partial charge in [-0.25, -0.2) is 0 Å². The summed E-state index contributed by atoms with van der Waals surface area (Å²) in [4.78, 5) is 16.2. The van der Waals surface area contributed by atoms with Crippen molar-refractivity contribution in [3.05, 3.63) is 0 Å². The lowest BCUT2D eigenvalue weighted by Gasteiger charge is -2.25. The number of nitrogens with zero attached hydrogens (tertiary/aromatic N) is 1. The Hall–Kier alpha value is -1.30. The Balaban J connectivity index is 2.23. The zero-order chi connectivity index (χ0) is 17.8. The fraction of sp³-hybridized carbons (Fsp3) is 0.889. The van der Waals surface area contributed by atoms with E-state index in [1.165, 1.54) is 38.5 Å². The molecule has 0 aromatic heterocycles. The van der Waals surface area contributed by atoms with Gasteiger partial charge < -0.3 is 20.7 Å². The summed E-state index contributed by atoms with van der Waals surface area (Å²) >= 11 is 0. The molecule has 0 saturated heterocycles. The van der Waals surface area contributed by atoms with Gasteiger partial charge in [-0.1, -0.05) is 25.7 Å². The first-order valence-corrected chi connectivity index (χ1v) is 9.34. The van der Waals surface area contributed by atoms with Gasteiger partial charge in [-0.2, -0.15) is 0 Å². The van der Waals surface area contributed by atoms with Crippen LogP contribution in [0.3, 0.4) is 0 Å². The molecule has 6 heteroatoms. The number of carbonyl (C=O) groups is 1. The summed E-state index contributed by atoms with van der Waals surface area (Å²) in [5.74, 6) is 0.751. The van der Waals surface area contributed by atoms with Crippen LogP contribution >= 0.6 is 0 Å². The maximum absolute atomic E-state index is 12.0. The zero-order valence-corrected chi connectivity index (χ0v) is 15.9. The van der Waals surface area contributed by atoms with E-state index in [0.29, 0.717) is 31.8 Å². The van der Waals surface area contributed by atoms with Crippen LogP contribution in [-0.4, -0.2) is 51.3 Å². The number of hydrogen-bond donors (Lipinski definition) is 3.